The van der Waals surface area contributed by atoms with Crippen molar-refractivity contribution in [1.29, 1.82) is 0 Å². The summed E-state index contributed by atoms with van der Waals surface area (Å²) in [5.74, 6) is -0.213. The first-order valence-corrected chi connectivity index (χ1v) is 4.71. The first-order valence-electron chi connectivity index (χ1n) is 4.71. The van der Waals surface area contributed by atoms with Crippen molar-refractivity contribution in [3.8, 4) is 0 Å². The van der Waals surface area contributed by atoms with Gasteiger partial charge in [0.05, 0.1) is 19.3 Å². The number of carbonyl (C=O) groups excluding carboxylic acids is 2. The summed E-state index contributed by atoms with van der Waals surface area (Å²) in [6.07, 6.45) is -0.694. The lowest BCUT2D eigenvalue weighted by Crippen LogP contribution is -2.10. The Kier molecular flexibility index (Phi) is 10.0. The van der Waals surface area contributed by atoms with Crippen molar-refractivity contribution in [3.63, 3.8) is 0 Å². The monoisotopic (exact) mass is 220 g/mol. The van der Waals surface area contributed by atoms with E-state index in [-0.39, 0.29) is 18.2 Å². The van der Waals surface area contributed by atoms with E-state index >= 15 is 0 Å². The molecule has 0 fully saturated rings. The molecule has 0 rings (SSSR count). The van der Waals surface area contributed by atoms with Crippen molar-refractivity contribution in [3.05, 3.63) is 0 Å². The number of rotatable bonds is 2. The van der Waals surface area contributed by atoms with Crippen LogP contribution in [0, 0.1) is 0 Å². The van der Waals surface area contributed by atoms with Gasteiger partial charge in [0.1, 0.15) is 0 Å². The lowest BCUT2D eigenvalue weighted by atomic mass is 10.5. The van der Waals surface area contributed by atoms with E-state index in [4.69, 9.17) is 0 Å². The summed E-state index contributed by atoms with van der Waals surface area (Å²) in [4.78, 5) is 20.2. The predicted molar refractivity (Wildman–Crippen MR) is 55.5 cm³/mol. The zero-order valence-corrected chi connectivity index (χ0v) is 10.2. The molecule has 0 aliphatic rings. The van der Waals surface area contributed by atoms with Gasteiger partial charge in [-0.15, -0.1) is 0 Å². The highest BCUT2D eigenvalue weighted by atomic mass is 16.7. The van der Waals surface area contributed by atoms with Crippen LogP contribution in [0.15, 0.2) is 0 Å². The van der Waals surface area contributed by atoms with Crippen molar-refractivity contribution in [2.24, 2.45) is 0 Å². The maximum Gasteiger partial charge on any atom is 0.508 e. The fourth-order valence-electron chi connectivity index (χ4n) is 0.572. The van der Waals surface area contributed by atoms with Gasteiger partial charge in [0, 0.05) is 6.92 Å². The van der Waals surface area contributed by atoms with Crippen LogP contribution < -0.4 is 0 Å². The van der Waals surface area contributed by atoms with Gasteiger partial charge < -0.3 is 14.2 Å². The molecule has 0 heterocycles. The molecular formula is C10H20O5. The van der Waals surface area contributed by atoms with Crippen molar-refractivity contribution in [1.82, 2.24) is 0 Å². The predicted octanol–water partition coefficient (Wildman–Crippen LogP) is 2.14. The average Bonchev–Trinajstić information content (AvgIpc) is 2.01. The Balaban J connectivity index is 0. The number of hydrogen-bond acceptors (Lipinski definition) is 5. The number of esters is 1. The summed E-state index contributed by atoms with van der Waals surface area (Å²) in [5.41, 5.74) is 0. The van der Waals surface area contributed by atoms with E-state index in [1.807, 2.05) is 13.8 Å². The van der Waals surface area contributed by atoms with Crippen LogP contribution in [-0.2, 0) is 19.0 Å². The van der Waals surface area contributed by atoms with E-state index in [1.165, 1.54) is 14.0 Å². The van der Waals surface area contributed by atoms with Gasteiger partial charge in [-0.2, -0.15) is 0 Å². The quantitative estimate of drug-likeness (QED) is 0.667. The molecule has 0 unspecified atom stereocenters. The summed E-state index contributed by atoms with van der Waals surface area (Å²) in [5, 5.41) is 0. The first-order chi connectivity index (χ1) is 6.79. The van der Waals surface area contributed by atoms with E-state index in [0.717, 1.165) is 0 Å². The van der Waals surface area contributed by atoms with Crippen molar-refractivity contribution < 1.29 is 23.8 Å². The van der Waals surface area contributed by atoms with E-state index in [9.17, 15) is 9.59 Å². The van der Waals surface area contributed by atoms with Gasteiger partial charge in [0.2, 0.25) is 0 Å². The zero-order chi connectivity index (χ0) is 12.4. The van der Waals surface area contributed by atoms with Gasteiger partial charge in [0.25, 0.3) is 0 Å². The van der Waals surface area contributed by atoms with Crippen molar-refractivity contribution >= 4 is 12.1 Å². The van der Waals surface area contributed by atoms with Crippen molar-refractivity contribution in [2.75, 3.05) is 7.11 Å². The number of carbonyl (C=O) groups is 2. The fraction of sp³-hybridized carbons (Fsp3) is 0.800. The average molecular weight is 220 g/mol. The minimum atomic E-state index is -0.625. The van der Waals surface area contributed by atoms with Gasteiger partial charge in [-0.25, -0.2) is 4.79 Å². The third-order valence-electron chi connectivity index (χ3n) is 0.900. The second-order valence-electron chi connectivity index (χ2n) is 3.28. The molecule has 0 aliphatic heterocycles. The summed E-state index contributed by atoms with van der Waals surface area (Å²) in [6.45, 7) is 8.57. The van der Waals surface area contributed by atoms with Crippen molar-refractivity contribution in [2.45, 2.75) is 46.8 Å². The molecule has 0 radical (unpaired) electrons. The Hall–Kier alpha value is -1.26. The highest BCUT2D eigenvalue weighted by Gasteiger charge is 2.01. The maximum absolute atomic E-state index is 10.2. The molecule has 0 atom stereocenters. The molecule has 0 saturated heterocycles. The van der Waals surface area contributed by atoms with Crippen LogP contribution in [0.5, 0.6) is 0 Å². The Morgan fingerprint density at radius 3 is 1.40 bits per heavy atom. The van der Waals surface area contributed by atoms with Gasteiger partial charge in [-0.05, 0) is 27.7 Å². The highest BCUT2D eigenvalue weighted by molar-refractivity contribution is 5.66. The molecule has 0 spiro atoms. The van der Waals surface area contributed by atoms with Crippen LogP contribution in [0.25, 0.3) is 0 Å². The topological polar surface area (TPSA) is 61.8 Å². The lowest BCUT2D eigenvalue weighted by Gasteiger charge is -2.03. The van der Waals surface area contributed by atoms with Gasteiger partial charge in [-0.3, -0.25) is 4.79 Å². The van der Waals surface area contributed by atoms with E-state index in [0.29, 0.717) is 0 Å². The summed E-state index contributed by atoms with van der Waals surface area (Å²) >= 11 is 0. The Bertz CT molecular complexity index is 186. The lowest BCUT2D eigenvalue weighted by molar-refractivity contribution is -0.144. The Morgan fingerprint density at radius 2 is 1.33 bits per heavy atom. The van der Waals surface area contributed by atoms with Crippen LogP contribution in [-0.4, -0.2) is 31.4 Å². The minimum Gasteiger partial charge on any atom is -0.463 e. The molecule has 0 bridgehead atoms. The van der Waals surface area contributed by atoms with Crippen LogP contribution in [0.1, 0.15) is 34.6 Å². The largest absolute Gasteiger partial charge is 0.508 e. The van der Waals surface area contributed by atoms with E-state index in [1.54, 1.807) is 13.8 Å². The van der Waals surface area contributed by atoms with E-state index < -0.39 is 6.16 Å². The molecule has 0 aliphatic carbocycles. The Morgan fingerprint density at radius 1 is 0.933 bits per heavy atom. The van der Waals surface area contributed by atoms with Gasteiger partial charge in [0.15, 0.2) is 0 Å². The molecule has 0 N–H and O–H groups in total. The first kappa shape index (κ1) is 16.2. The molecular weight excluding hydrogens is 200 g/mol. The van der Waals surface area contributed by atoms with Crippen LogP contribution in [0.4, 0.5) is 4.79 Å². The third kappa shape index (κ3) is 19.2. The van der Waals surface area contributed by atoms with Gasteiger partial charge in [-0.1, -0.05) is 0 Å². The second kappa shape index (κ2) is 9.30. The molecule has 5 nitrogen and oxygen atoms in total. The number of hydrogen-bond donors (Lipinski definition) is 0. The molecule has 0 saturated carbocycles. The molecule has 90 valence electrons. The zero-order valence-electron chi connectivity index (χ0n) is 10.2. The fourth-order valence-corrected chi connectivity index (χ4v) is 0.572. The Labute approximate surface area is 90.7 Å². The summed E-state index contributed by atoms with van der Waals surface area (Å²) < 4.78 is 13.3. The SMILES string of the molecule is CC(=O)OC(C)C.COC(=O)OC(C)C. The smallest absolute Gasteiger partial charge is 0.463 e. The molecule has 0 aromatic heterocycles. The molecule has 5 heteroatoms. The normalized spacial score (nSPS) is 9.07. The van der Waals surface area contributed by atoms with Crippen LogP contribution in [0.3, 0.4) is 0 Å². The highest BCUT2D eigenvalue weighted by Crippen LogP contribution is 1.89. The van der Waals surface area contributed by atoms with Crippen LogP contribution in [0.2, 0.25) is 0 Å². The van der Waals surface area contributed by atoms with Gasteiger partial charge >= 0.3 is 12.1 Å². The van der Waals surface area contributed by atoms with Crippen LogP contribution >= 0.6 is 0 Å². The number of methoxy groups -OCH3 is 1. The summed E-state index contributed by atoms with van der Waals surface area (Å²) in [7, 11) is 1.28. The minimum absolute atomic E-state index is 0.0255. The molecule has 15 heavy (non-hydrogen) atoms. The molecule has 0 aromatic rings. The third-order valence-corrected chi connectivity index (χ3v) is 0.900. The standard InChI is InChI=1S/C5H10O3.C5H10O2/c1-4(2)8-5(6)7-3;1-4(2)7-5(3)6/h4H,1-3H3;4H,1-3H3. The number of ether oxygens (including phenoxy) is 3. The molecule has 0 aromatic carbocycles. The summed E-state index contributed by atoms with van der Waals surface area (Å²) in [6, 6.07) is 0. The molecule has 0 amide bonds. The maximum atomic E-state index is 10.2. The second-order valence-corrected chi connectivity index (χ2v) is 3.28. The van der Waals surface area contributed by atoms with E-state index in [2.05, 4.69) is 14.2 Å².